The maximum absolute atomic E-state index is 13.6. The molecule has 11 heteroatoms. The fourth-order valence-electron chi connectivity index (χ4n) is 3.25. The van der Waals surface area contributed by atoms with Crippen LogP contribution in [-0.2, 0) is 15.0 Å². The van der Waals surface area contributed by atoms with Crippen molar-refractivity contribution in [1.82, 2.24) is 15.5 Å². The highest BCUT2D eigenvalue weighted by Crippen LogP contribution is 2.32. The molecule has 2 amide bonds. The number of aliphatic hydroxyl groups is 1. The van der Waals surface area contributed by atoms with Crippen molar-refractivity contribution in [3.8, 4) is 0 Å². The van der Waals surface area contributed by atoms with Crippen molar-refractivity contribution in [2.24, 2.45) is 0 Å². The molecule has 2 atom stereocenters. The summed E-state index contributed by atoms with van der Waals surface area (Å²) in [6.07, 6.45) is -1.90. The summed E-state index contributed by atoms with van der Waals surface area (Å²) in [5.41, 5.74) is -0.401. The van der Waals surface area contributed by atoms with E-state index in [1.807, 2.05) is 0 Å². The number of aromatic amines is 1. The number of nitrogens with zero attached hydrogens (tertiary/aromatic N) is 1. The number of carbonyl (C=O) groups excluding carboxylic acids is 2. The van der Waals surface area contributed by atoms with Crippen molar-refractivity contribution in [2.45, 2.75) is 38.3 Å². The largest absolute Gasteiger partial charge is 0.378 e. The molecule has 4 N–H and O–H groups in total. The second-order valence-corrected chi connectivity index (χ2v) is 8.27. The Morgan fingerprint density at radius 1 is 0.912 bits per heavy atom. The molecule has 0 radical (unpaired) electrons. The van der Waals surface area contributed by atoms with Crippen LogP contribution in [0.5, 0.6) is 0 Å². The van der Waals surface area contributed by atoms with Crippen LogP contribution in [0.1, 0.15) is 43.7 Å². The molecule has 1 aromatic heterocycles. The van der Waals surface area contributed by atoms with Gasteiger partial charge >= 0.3 is 0 Å². The van der Waals surface area contributed by atoms with Crippen molar-refractivity contribution in [1.29, 1.82) is 0 Å². The van der Waals surface area contributed by atoms with Crippen LogP contribution in [0.3, 0.4) is 0 Å². The number of amides is 2. The van der Waals surface area contributed by atoms with Gasteiger partial charge in [0.1, 0.15) is 29.3 Å². The van der Waals surface area contributed by atoms with E-state index >= 15 is 0 Å². The van der Waals surface area contributed by atoms with Gasteiger partial charge in [0.05, 0.1) is 0 Å². The number of benzene rings is 2. The van der Waals surface area contributed by atoms with Crippen molar-refractivity contribution in [2.75, 3.05) is 5.32 Å². The van der Waals surface area contributed by atoms with Crippen LogP contribution < -0.4 is 10.6 Å². The summed E-state index contributed by atoms with van der Waals surface area (Å²) >= 11 is 0. The minimum atomic E-state index is -1.90. The highest BCUT2D eigenvalue weighted by Gasteiger charge is 2.28. The lowest BCUT2D eigenvalue weighted by atomic mass is 9.81. The van der Waals surface area contributed by atoms with Gasteiger partial charge in [-0.15, -0.1) is 0 Å². The van der Waals surface area contributed by atoms with Gasteiger partial charge in [-0.25, -0.2) is 17.6 Å². The minimum Gasteiger partial charge on any atom is -0.378 e. The normalized spacial score (nSPS) is 13.3. The molecule has 0 spiro atoms. The molecule has 3 rings (SSSR count). The zero-order valence-corrected chi connectivity index (χ0v) is 18.4. The molecule has 7 nitrogen and oxygen atoms in total. The summed E-state index contributed by atoms with van der Waals surface area (Å²) in [6, 6.07) is 5.66. The van der Waals surface area contributed by atoms with Crippen molar-refractivity contribution in [3.63, 3.8) is 0 Å². The van der Waals surface area contributed by atoms with E-state index in [4.69, 9.17) is 0 Å². The summed E-state index contributed by atoms with van der Waals surface area (Å²) < 4.78 is 53.9. The van der Waals surface area contributed by atoms with Gasteiger partial charge in [-0.1, -0.05) is 13.8 Å². The van der Waals surface area contributed by atoms with E-state index < -0.39 is 52.6 Å². The number of hydrogen-bond acceptors (Lipinski definition) is 4. The number of halogens is 4. The summed E-state index contributed by atoms with van der Waals surface area (Å²) in [6.45, 7) is 4.75. The average Bonchev–Trinajstić information content (AvgIpc) is 3.21. The van der Waals surface area contributed by atoms with Gasteiger partial charge in [0.25, 0.3) is 5.91 Å². The molecule has 0 saturated carbocycles. The number of carbonyl (C=O) groups is 2. The highest BCUT2D eigenvalue weighted by atomic mass is 19.1. The van der Waals surface area contributed by atoms with E-state index in [-0.39, 0.29) is 11.4 Å². The zero-order valence-electron chi connectivity index (χ0n) is 18.4. The van der Waals surface area contributed by atoms with E-state index in [9.17, 15) is 32.3 Å². The van der Waals surface area contributed by atoms with Gasteiger partial charge in [0, 0.05) is 29.3 Å². The van der Waals surface area contributed by atoms with Crippen LogP contribution in [0.2, 0.25) is 0 Å². The predicted octanol–water partition coefficient (Wildman–Crippen LogP) is 3.47. The molecule has 0 aliphatic heterocycles. The fourth-order valence-corrected chi connectivity index (χ4v) is 3.25. The third-order valence-electron chi connectivity index (χ3n) is 5.29. The Bertz CT molecular complexity index is 1190. The Morgan fingerprint density at radius 3 is 2.00 bits per heavy atom. The lowest BCUT2D eigenvalue weighted by Crippen LogP contribution is -2.43. The first-order valence-corrected chi connectivity index (χ1v) is 10.1. The summed E-state index contributed by atoms with van der Waals surface area (Å²) in [5, 5.41) is 21.4. The van der Waals surface area contributed by atoms with Crippen LogP contribution >= 0.6 is 0 Å². The van der Waals surface area contributed by atoms with Crippen LogP contribution in [0.25, 0.3) is 0 Å². The van der Waals surface area contributed by atoms with Crippen LogP contribution in [-0.4, -0.2) is 33.2 Å². The number of nitrogens with one attached hydrogen (secondary N) is 3. The maximum atomic E-state index is 13.6. The summed E-state index contributed by atoms with van der Waals surface area (Å²) in [4.78, 5) is 24.7. The number of rotatable bonds is 7. The molecule has 0 unspecified atom stereocenters. The van der Waals surface area contributed by atoms with Gasteiger partial charge in [0.2, 0.25) is 5.91 Å². The average molecular weight is 478 g/mol. The molecular weight excluding hydrogens is 456 g/mol. The van der Waals surface area contributed by atoms with Crippen molar-refractivity contribution >= 4 is 17.6 Å². The molecule has 180 valence electrons. The predicted molar refractivity (Wildman–Crippen MR) is 115 cm³/mol. The molecule has 0 aliphatic rings. The molecule has 0 fully saturated rings. The topological polar surface area (TPSA) is 107 Å². The Kier molecular flexibility index (Phi) is 7.06. The molecule has 0 aliphatic carbocycles. The smallest absolute Gasteiger partial charge is 0.254 e. The molecule has 3 aromatic rings. The van der Waals surface area contributed by atoms with Gasteiger partial charge in [-0.05, 0) is 42.3 Å². The Hall–Kier alpha value is -3.73. The van der Waals surface area contributed by atoms with Gasteiger partial charge in [-0.2, -0.15) is 5.10 Å². The minimum absolute atomic E-state index is 0.0822. The first-order valence-electron chi connectivity index (χ1n) is 10.1. The fraction of sp³-hybridized carbons (Fsp3) is 0.261. The Balaban J connectivity index is 1.66. The lowest BCUT2D eigenvalue weighted by Gasteiger charge is -2.23. The summed E-state index contributed by atoms with van der Waals surface area (Å²) in [5.74, 6) is -5.05. The second-order valence-electron chi connectivity index (χ2n) is 8.27. The highest BCUT2D eigenvalue weighted by molar-refractivity contribution is 5.97. The monoisotopic (exact) mass is 478 g/mol. The number of aliphatic hydroxyl groups excluding tert-OH is 1. The SMILES string of the molecule is C[C@H](NC(=O)[C@@H](O)c1cc(F)cc(F)c1)C(=O)Nc1cc(C(C)(C)c2cc(F)cc(F)c2)[nH]n1. The maximum Gasteiger partial charge on any atom is 0.254 e. The van der Waals surface area contributed by atoms with Crippen molar-refractivity contribution < 1.29 is 32.3 Å². The third-order valence-corrected chi connectivity index (χ3v) is 5.29. The Labute approximate surface area is 192 Å². The number of H-pyrrole nitrogens is 1. The van der Waals surface area contributed by atoms with E-state index in [0.717, 1.165) is 18.2 Å². The standard InChI is InChI=1S/C23H22F4N4O3/c1-11(28-22(34)20(32)12-4-14(24)8-15(25)5-12)21(33)29-19-10-18(30-31-19)23(2,3)13-6-16(26)9-17(27)7-13/h4-11,20,32H,1-3H3,(H,28,34)(H2,29,30,31,33)/t11-,20-/m0/s1. The lowest BCUT2D eigenvalue weighted by molar-refractivity contribution is -0.132. The van der Waals surface area contributed by atoms with Crippen LogP contribution in [0.4, 0.5) is 23.4 Å². The zero-order chi connectivity index (χ0) is 25.2. The van der Waals surface area contributed by atoms with Gasteiger partial charge in [-0.3, -0.25) is 14.7 Å². The van der Waals surface area contributed by atoms with Gasteiger partial charge in [0.15, 0.2) is 11.9 Å². The summed E-state index contributed by atoms with van der Waals surface area (Å²) in [7, 11) is 0. The first-order chi connectivity index (χ1) is 15.9. The number of aromatic nitrogens is 2. The van der Waals surface area contributed by atoms with Gasteiger partial charge < -0.3 is 15.7 Å². The van der Waals surface area contributed by atoms with E-state index in [2.05, 4.69) is 20.8 Å². The van der Waals surface area contributed by atoms with E-state index in [0.29, 0.717) is 17.3 Å². The van der Waals surface area contributed by atoms with Crippen LogP contribution in [0, 0.1) is 23.3 Å². The molecule has 0 saturated heterocycles. The molecule has 1 heterocycles. The van der Waals surface area contributed by atoms with Crippen LogP contribution in [0.15, 0.2) is 42.5 Å². The van der Waals surface area contributed by atoms with E-state index in [1.54, 1.807) is 13.8 Å². The molecule has 2 aromatic carbocycles. The number of anilines is 1. The second kappa shape index (κ2) is 9.64. The number of hydrogen-bond donors (Lipinski definition) is 4. The molecule has 34 heavy (non-hydrogen) atoms. The van der Waals surface area contributed by atoms with E-state index in [1.165, 1.54) is 25.1 Å². The molecule has 0 bridgehead atoms. The first kappa shape index (κ1) is 24.9. The van der Waals surface area contributed by atoms with Crippen molar-refractivity contribution in [3.05, 3.63) is 82.6 Å². The quantitative estimate of drug-likeness (QED) is 0.390. The molecular formula is C23H22F4N4O3. The third kappa shape index (κ3) is 5.60. The Morgan fingerprint density at radius 2 is 1.44 bits per heavy atom.